The van der Waals surface area contributed by atoms with Crippen LogP contribution in [0.3, 0.4) is 0 Å². The van der Waals surface area contributed by atoms with E-state index in [1.165, 1.54) is 5.56 Å². The molecule has 0 heterocycles. The summed E-state index contributed by atoms with van der Waals surface area (Å²) in [5, 5.41) is 2.93. The summed E-state index contributed by atoms with van der Waals surface area (Å²) in [6, 6.07) is 25.3. The van der Waals surface area contributed by atoms with Crippen molar-refractivity contribution < 1.29 is 14.3 Å². The van der Waals surface area contributed by atoms with Crippen molar-refractivity contribution in [3.05, 3.63) is 95.6 Å². The number of ether oxygens (including phenoxy) is 2. The van der Waals surface area contributed by atoms with Crippen LogP contribution in [0, 0.1) is 0 Å². The molecule has 138 valence electrons. The number of methoxy groups -OCH3 is 1. The summed E-state index contributed by atoms with van der Waals surface area (Å²) in [6.07, 6.45) is 0.724. The van der Waals surface area contributed by atoms with Gasteiger partial charge in [-0.2, -0.15) is 0 Å². The lowest BCUT2D eigenvalue weighted by molar-refractivity contribution is 0.0946. The zero-order valence-corrected chi connectivity index (χ0v) is 15.4. The predicted molar refractivity (Wildman–Crippen MR) is 107 cm³/mol. The molecule has 1 N–H and O–H groups in total. The molecule has 3 rings (SSSR count). The van der Waals surface area contributed by atoms with E-state index in [1.807, 2.05) is 66.7 Å². The molecule has 0 radical (unpaired) electrons. The van der Waals surface area contributed by atoms with Crippen LogP contribution in [0.1, 0.15) is 21.5 Å². The lowest BCUT2D eigenvalue weighted by atomic mass is 9.99. The van der Waals surface area contributed by atoms with Crippen LogP contribution in [-0.2, 0) is 6.42 Å². The van der Waals surface area contributed by atoms with Gasteiger partial charge in [-0.15, -0.1) is 0 Å². The van der Waals surface area contributed by atoms with Crippen molar-refractivity contribution >= 4 is 5.91 Å². The molecular formula is C23H23NO3. The van der Waals surface area contributed by atoms with Crippen LogP contribution in [0.5, 0.6) is 11.5 Å². The van der Waals surface area contributed by atoms with Crippen LogP contribution in [0.4, 0.5) is 0 Å². The summed E-state index contributed by atoms with van der Waals surface area (Å²) in [5.41, 5.74) is 2.88. The lowest BCUT2D eigenvalue weighted by Gasteiger charge is -2.12. The SMILES string of the molecule is COc1ccccc1OCCNC(=O)c1ccccc1Cc1ccccc1. The Morgan fingerprint density at radius 2 is 1.52 bits per heavy atom. The summed E-state index contributed by atoms with van der Waals surface area (Å²) >= 11 is 0. The van der Waals surface area contributed by atoms with Crippen LogP contribution >= 0.6 is 0 Å². The highest BCUT2D eigenvalue weighted by molar-refractivity contribution is 5.95. The minimum atomic E-state index is -0.0924. The van der Waals surface area contributed by atoms with E-state index in [-0.39, 0.29) is 5.91 Å². The van der Waals surface area contributed by atoms with Gasteiger partial charge in [-0.3, -0.25) is 4.79 Å². The van der Waals surface area contributed by atoms with E-state index in [1.54, 1.807) is 7.11 Å². The molecule has 0 spiro atoms. The van der Waals surface area contributed by atoms with Crippen LogP contribution < -0.4 is 14.8 Å². The number of carbonyl (C=O) groups excluding carboxylic acids is 1. The Morgan fingerprint density at radius 1 is 0.852 bits per heavy atom. The van der Waals surface area contributed by atoms with Gasteiger partial charge in [0.2, 0.25) is 0 Å². The quantitative estimate of drug-likeness (QED) is 0.615. The number of amides is 1. The Bertz CT molecular complexity index is 878. The van der Waals surface area contributed by atoms with E-state index in [0.29, 0.717) is 30.2 Å². The first-order valence-electron chi connectivity index (χ1n) is 8.94. The predicted octanol–water partition coefficient (Wildman–Crippen LogP) is 4.09. The van der Waals surface area contributed by atoms with E-state index < -0.39 is 0 Å². The summed E-state index contributed by atoms with van der Waals surface area (Å²) in [5.74, 6) is 1.25. The highest BCUT2D eigenvalue weighted by Gasteiger charge is 2.11. The van der Waals surface area contributed by atoms with Gasteiger partial charge in [-0.1, -0.05) is 60.7 Å². The molecule has 0 aliphatic carbocycles. The molecule has 0 unspecified atom stereocenters. The summed E-state index contributed by atoms with van der Waals surface area (Å²) < 4.78 is 11.0. The van der Waals surface area contributed by atoms with Gasteiger partial charge in [0.1, 0.15) is 6.61 Å². The third-order valence-electron chi connectivity index (χ3n) is 4.21. The molecule has 3 aromatic carbocycles. The number of rotatable bonds is 8. The molecule has 0 aliphatic heterocycles. The topological polar surface area (TPSA) is 47.6 Å². The molecule has 0 saturated heterocycles. The first kappa shape index (κ1) is 18.5. The zero-order chi connectivity index (χ0) is 18.9. The van der Waals surface area contributed by atoms with Crippen molar-refractivity contribution in [1.29, 1.82) is 0 Å². The molecule has 0 atom stereocenters. The zero-order valence-electron chi connectivity index (χ0n) is 15.4. The van der Waals surface area contributed by atoms with Crippen molar-refractivity contribution in [1.82, 2.24) is 5.32 Å². The number of hydrogen-bond acceptors (Lipinski definition) is 3. The fourth-order valence-corrected chi connectivity index (χ4v) is 2.87. The van der Waals surface area contributed by atoms with E-state index in [2.05, 4.69) is 17.4 Å². The third-order valence-corrected chi connectivity index (χ3v) is 4.21. The van der Waals surface area contributed by atoms with Crippen molar-refractivity contribution in [3.8, 4) is 11.5 Å². The van der Waals surface area contributed by atoms with Gasteiger partial charge in [0.05, 0.1) is 13.7 Å². The van der Waals surface area contributed by atoms with Crippen LogP contribution in [0.15, 0.2) is 78.9 Å². The molecule has 4 nitrogen and oxygen atoms in total. The molecule has 27 heavy (non-hydrogen) atoms. The van der Waals surface area contributed by atoms with E-state index in [0.717, 1.165) is 12.0 Å². The number of nitrogens with one attached hydrogen (secondary N) is 1. The average molecular weight is 361 g/mol. The molecular weight excluding hydrogens is 338 g/mol. The van der Waals surface area contributed by atoms with Crippen molar-refractivity contribution in [2.75, 3.05) is 20.3 Å². The second-order valence-electron chi connectivity index (χ2n) is 6.07. The first-order valence-corrected chi connectivity index (χ1v) is 8.94. The average Bonchev–Trinajstić information content (AvgIpc) is 2.72. The molecule has 0 saturated carbocycles. The van der Waals surface area contributed by atoms with E-state index in [4.69, 9.17) is 9.47 Å². The lowest BCUT2D eigenvalue weighted by Crippen LogP contribution is -2.29. The Labute approximate surface area is 159 Å². The molecule has 0 aliphatic rings. The number of benzene rings is 3. The summed E-state index contributed by atoms with van der Waals surface area (Å²) in [4.78, 5) is 12.6. The van der Waals surface area contributed by atoms with Gasteiger partial charge < -0.3 is 14.8 Å². The second-order valence-corrected chi connectivity index (χ2v) is 6.07. The van der Waals surface area contributed by atoms with Crippen LogP contribution in [-0.4, -0.2) is 26.2 Å². The smallest absolute Gasteiger partial charge is 0.251 e. The molecule has 0 fully saturated rings. The fourth-order valence-electron chi connectivity index (χ4n) is 2.87. The van der Waals surface area contributed by atoms with Gasteiger partial charge in [0, 0.05) is 5.56 Å². The fraction of sp³-hybridized carbons (Fsp3) is 0.174. The molecule has 4 heteroatoms. The van der Waals surface area contributed by atoms with Crippen molar-refractivity contribution in [3.63, 3.8) is 0 Å². The van der Waals surface area contributed by atoms with Crippen molar-refractivity contribution in [2.24, 2.45) is 0 Å². The molecule has 0 aromatic heterocycles. The normalized spacial score (nSPS) is 10.3. The minimum absolute atomic E-state index is 0.0924. The minimum Gasteiger partial charge on any atom is -0.493 e. The van der Waals surface area contributed by atoms with E-state index >= 15 is 0 Å². The number of hydrogen-bond donors (Lipinski definition) is 1. The van der Waals surface area contributed by atoms with Crippen molar-refractivity contribution in [2.45, 2.75) is 6.42 Å². The third kappa shape index (κ3) is 5.11. The van der Waals surface area contributed by atoms with Gasteiger partial charge in [0.25, 0.3) is 5.91 Å². The largest absolute Gasteiger partial charge is 0.493 e. The highest BCUT2D eigenvalue weighted by atomic mass is 16.5. The Hall–Kier alpha value is -3.27. The van der Waals surface area contributed by atoms with Gasteiger partial charge in [-0.25, -0.2) is 0 Å². The Morgan fingerprint density at radius 3 is 2.30 bits per heavy atom. The van der Waals surface area contributed by atoms with Crippen LogP contribution in [0.2, 0.25) is 0 Å². The molecule has 3 aromatic rings. The maximum Gasteiger partial charge on any atom is 0.251 e. The van der Waals surface area contributed by atoms with Gasteiger partial charge >= 0.3 is 0 Å². The Balaban J connectivity index is 1.57. The summed E-state index contributed by atoms with van der Waals surface area (Å²) in [7, 11) is 1.60. The second kappa shape index (κ2) is 9.43. The number of carbonyl (C=O) groups is 1. The molecule has 1 amide bonds. The highest BCUT2D eigenvalue weighted by Crippen LogP contribution is 2.25. The van der Waals surface area contributed by atoms with Gasteiger partial charge in [0.15, 0.2) is 11.5 Å². The van der Waals surface area contributed by atoms with E-state index in [9.17, 15) is 4.79 Å². The maximum absolute atomic E-state index is 12.6. The monoisotopic (exact) mass is 361 g/mol. The standard InChI is InChI=1S/C23H23NO3/c1-26-21-13-7-8-14-22(21)27-16-15-24-23(25)20-12-6-5-11-19(20)17-18-9-3-2-4-10-18/h2-14H,15-17H2,1H3,(H,24,25). The molecule has 0 bridgehead atoms. The maximum atomic E-state index is 12.6. The number of para-hydroxylation sites is 2. The summed E-state index contributed by atoms with van der Waals surface area (Å²) in [6.45, 7) is 0.781. The Kier molecular flexibility index (Phi) is 6.47. The first-order chi connectivity index (χ1) is 13.3. The van der Waals surface area contributed by atoms with Gasteiger partial charge in [-0.05, 0) is 35.7 Å². The van der Waals surface area contributed by atoms with Crippen LogP contribution in [0.25, 0.3) is 0 Å².